The van der Waals surface area contributed by atoms with Crippen molar-refractivity contribution in [3.05, 3.63) is 47.9 Å². The van der Waals surface area contributed by atoms with Gasteiger partial charge in [0.05, 0.1) is 18.5 Å². The number of aromatic nitrogens is 2. The average molecular weight is 326 g/mol. The minimum Gasteiger partial charge on any atom is -0.376 e. The molecule has 0 bridgehead atoms. The number of carbonyl (C=O) groups excluding carboxylic acids is 1. The third-order valence-electron chi connectivity index (χ3n) is 4.06. The van der Waals surface area contributed by atoms with Crippen molar-refractivity contribution >= 4 is 17.4 Å². The van der Waals surface area contributed by atoms with Gasteiger partial charge < -0.3 is 15.4 Å². The van der Waals surface area contributed by atoms with Gasteiger partial charge in [-0.3, -0.25) is 4.79 Å². The van der Waals surface area contributed by atoms with E-state index < -0.39 is 0 Å². The maximum Gasteiger partial charge on any atom is 0.271 e. The molecule has 2 aromatic rings. The van der Waals surface area contributed by atoms with Crippen molar-refractivity contribution in [2.24, 2.45) is 0 Å². The highest BCUT2D eigenvalue weighted by molar-refractivity contribution is 5.92. The van der Waals surface area contributed by atoms with Gasteiger partial charge in [0.15, 0.2) is 0 Å². The van der Waals surface area contributed by atoms with E-state index in [2.05, 4.69) is 33.6 Å². The number of amides is 1. The molecule has 0 spiro atoms. The monoisotopic (exact) mass is 326 g/mol. The Balaban J connectivity index is 1.59. The Morgan fingerprint density at radius 3 is 2.88 bits per heavy atom. The Bertz CT molecular complexity index is 682. The van der Waals surface area contributed by atoms with E-state index in [0.29, 0.717) is 18.1 Å². The van der Waals surface area contributed by atoms with Gasteiger partial charge in [0, 0.05) is 18.8 Å². The molecule has 126 valence electrons. The largest absolute Gasteiger partial charge is 0.376 e. The molecule has 1 aliphatic rings. The number of para-hydroxylation sites is 1. The predicted octanol–water partition coefficient (Wildman–Crippen LogP) is 2.69. The van der Waals surface area contributed by atoms with Crippen molar-refractivity contribution in [2.75, 3.05) is 18.5 Å². The Labute approximate surface area is 141 Å². The van der Waals surface area contributed by atoms with Crippen LogP contribution in [0.1, 0.15) is 35.8 Å². The van der Waals surface area contributed by atoms with Gasteiger partial charge in [-0.25, -0.2) is 9.97 Å². The van der Waals surface area contributed by atoms with Crippen LogP contribution in [0.25, 0.3) is 0 Å². The highest BCUT2D eigenvalue weighted by Gasteiger charge is 2.17. The Morgan fingerprint density at radius 1 is 1.29 bits per heavy atom. The summed E-state index contributed by atoms with van der Waals surface area (Å²) < 4.78 is 5.49. The van der Waals surface area contributed by atoms with Crippen LogP contribution in [-0.4, -0.2) is 35.1 Å². The summed E-state index contributed by atoms with van der Waals surface area (Å²) >= 11 is 0. The van der Waals surface area contributed by atoms with Gasteiger partial charge >= 0.3 is 0 Å². The van der Waals surface area contributed by atoms with E-state index in [9.17, 15) is 4.79 Å². The number of hydrogen-bond donors (Lipinski definition) is 2. The molecule has 1 aromatic carbocycles. The number of ether oxygens (including phenoxy) is 1. The molecule has 1 saturated heterocycles. The van der Waals surface area contributed by atoms with Crippen molar-refractivity contribution in [1.82, 2.24) is 15.3 Å². The van der Waals surface area contributed by atoms with Crippen LogP contribution in [0.2, 0.25) is 0 Å². The highest BCUT2D eigenvalue weighted by atomic mass is 16.5. The van der Waals surface area contributed by atoms with Gasteiger partial charge in [-0.05, 0) is 30.9 Å². The smallest absolute Gasteiger partial charge is 0.271 e. The molecule has 3 rings (SSSR count). The molecule has 0 radical (unpaired) electrons. The molecule has 0 aliphatic carbocycles. The summed E-state index contributed by atoms with van der Waals surface area (Å²) in [5.74, 6) is 0.394. The minimum atomic E-state index is -0.224. The first-order valence-electron chi connectivity index (χ1n) is 8.33. The molecule has 1 amide bonds. The summed E-state index contributed by atoms with van der Waals surface area (Å²) in [7, 11) is 0. The summed E-state index contributed by atoms with van der Waals surface area (Å²) in [5, 5.41) is 6.08. The van der Waals surface area contributed by atoms with Gasteiger partial charge in [0.1, 0.15) is 11.5 Å². The second-order valence-corrected chi connectivity index (χ2v) is 5.77. The van der Waals surface area contributed by atoms with Crippen LogP contribution in [0.3, 0.4) is 0 Å². The van der Waals surface area contributed by atoms with Crippen LogP contribution in [0.15, 0.2) is 36.7 Å². The summed E-state index contributed by atoms with van der Waals surface area (Å²) in [4.78, 5) is 20.6. The van der Waals surface area contributed by atoms with E-state index in [-0.39, 0.29) is 12.0 Å². The highest BCUT2D eigenvalue weighted by Crippen LogP contribution is 2.19. The maximum atomic E-state index is 12.1. The fourth-order valence-electron chi connectivity index (χ4n) is 2.70. The molecular formula is C18H22N4O2. The van der Waals surface area contributed by atoms with Gasteiger partial charge in [0.25, 0.3) is 5.91 Å². The third-order valence-corrected chi connectivity index (χ3v) is 4.06. The average Bonchev–Trinajstić information content (AvgIpc) is 3.14. The Kier molecular flexibility index (Phi) is 5.38. The zero-order chi connectivity index (χ0) is 16.8. The second-order valence-electron chi connectivity index (χ2n) is 5.77. The summed E-state index contributed by atoms with van der Waals surface area (Å²) in [6.07, 6.45) is 6.16. The molecule has 1 atom stereocenters. The predicted molar refractivity (Wildman–Crippen MR) is 92.4 cm³/mol. The zero-order valence-electron chi connectivity index (χ0n) is 13.8. The van der Waals surface area contributed by atoms with Crippen molar-refractivity contribution in [2.45, 2.75) is 32.3 Å². The maximum absolute atomic E-state index is 12.1. The quantitative estimate of drug-likeness (QED) is 0.853. The van der Waals surface area contributed by atoms with E-state index in [0.717, 1.165) is 31.6 Å². The number of aryl methyl sites for hydroxylation is 1. The lowest BCUT2D eigenvalue weighted by Gasteiger charge is -2.11. The lowest BCUT2D eigenvalue weighted by atomic mass is 10.1. The summed E-state index contributed by atoms with van der Waals surface area (Å²) in [5.41, 5.74) is 2.52. The number of hydrogen-bond acceptors (Lipinski definition) is 5. The Morgan fingerprint density at radius 2 is 2.17 bits per heavy atom. The van der Waals surface area contributed by atoms with E-state index in [1.807, 2.05) is 18.2 Å². The molecule has 1 aliphatic heterocycles. The van der Waals surface area contributed by atoms with Gasteiger partial charge in [-0.1, -0.05) is 25.1 Å². The second kappa shape index (κ2) is 7.88. The van der Waals surface area contributed by atoms with Gasteiger partial charge in [-0.2, -0.15) is 0 Å². The summed E-state index contributed by atoms with van der Waals surface area (Å²) in [6.45, 7) is 3.40. The lowest BCUT2D eigenvalue weighted by molar-refractivity contribution is 0.0853. The number of nitrogens with one attached hydrogen (secondary N) is 2. The first kappa shape index (κ1) is 16.4. The van der Waals surface area contributed by atoms with Crippen molar-refractivity contribution in [3.8, 4) is 0 Å². The van der Waals surface area contributed by atoms with Crippen LogP contribution in [-0.2, 0) is 11.2 Å². The fraction of sp³-hybridized carbons (Fsp3) is 0.389. The SMILES string of the molecule is CCc1ccccc1Nc1cnc(C(=O)NCC2CCCO2)cn1. The Hall–Kier alpha value is -2.47. The minimum absolute atomic E-state index is 0.119. The third kappa shape index (κ3) is 4.08. The molecule has 0 saturated carbocycles. The molecule has 6 heteroatoms. The number of rotatable bonds is 6. The molecule has 2 heterocycles. The topological polar surface area (TPSA) is 76.1 Å². The normalized spacial score (nSPS) is 16.8. The van der Waals surface area contributed by atoms with Crippen LogP contribution in [0.4, 0.5) is 11.5 Å². The number of carbonyl (C=O) groups is 1. The molecule has 2 N–H and O–H groups in total. The van der Waals surface area contributed by atoms with E-state index in [1.165, 1.54) is 11.8 Å². The lowest BCUT2D eigenvalue weighted by Crippen LogP contribution is -2.32. The standard InChI is InChI=1S/C18H22N4O2/c1-2-13-6-3-4-8-15(13)22-17-12-19-16(11-20-17)18(23)21-10-14-7-5-9-24-14/h3-4,6,8,11-12,14H,2,5,7,9-10H2,1H3,(H,20,22)(H,21,23). The van der Waals surface area contributed by atoms with Gasteiger partial charge in [-0.15, -0.1) is 0 Å². The van der Waals surface area contributed by atoms with Crippen LogP contribution < -0.4 is 10.6 Å². The van der Waals surface area contributed by atoms with Crippen molar-refractivity contribution in [1.29, 1.82) is 0 Å². The van der Waals surface area contributed by atoms with E-state index >= 15 is 0 Å². The summed E-state index contributed by atoms with van der Waals surface area (Å²) in [6, 6.07) is 8.06. The van der Waals surface area contributed by atoms with Gasteiger partial charge in [0.2, 0.25) is 0 Å². The molecule has 24 heavy (non-hydrogen) atoms. The van der Waals surface area contributed by atoms with E-state index in [1.54, 1.807) is 6.20 Å². The van der Waals surface area contributed by atoms with Crippen LogP contribution >= 0.6 is 0 Å². The molecular weight excluding hydrogens is 304 g/mol. The van der Waals surface area contributed by atoms with Crippen LogP contribution in [0, 0.1) is 0 Å². The first-order chi connectivity index (χ1) is 11.8. The number of anilines is 2. The fourth-order valence-corrected chi connectivity index (χ4v) is 2.70. The van der Waals surface area contributed by atoms with Crippen LogP contribution in [0.5, 0.6) is 0 Å². The van der Waals surface area contributed by atoms with E-state index in [4.69, 9.17) is 4.74 Å². The van der Waals surface area contributed by atoms with Crippen molar-refractivity contribution in [3.63, 3.8) is 0 Å². The molecule has 1 fully saturated rings. The van der Waals surface area contributed by atoms with Crippen molar-refractivity contribution < 1.29 is 9.53 Å². The first-order valence-corrected chi connectivity index (χ1v) is 8.33. The zero-order valence-corrected chi connectivity index (χ0v) is 13.8. The molecule has 6 nitrogen and oxygen atoms in total. The molecule has 1 unspecified atom stereocenters. The molecule has 1 aromatic heterocycles. The number of benzene rings is 1. The number of nitrogens with zero attached hydrogens (tertiary/aromatic N) is 2.